The fourth-order valence-electron chi connectivity index (χ4n) is 7.01. The first kappa shape index (κ1) is 64.0. The molecule has 0 rings (SSSR count). The second-order valence-corrected chi connectivity index (χ2v) is 17.2. The van der Waals surface area contributed by atoms with Gasteiger partial charge in [-0.25, -0.2) is 0 Å². The van der Waals surface area contributed by atoms with E-state index in [1.165, 1.54) is 6.92 Å². The zero-order chi connectivity index (χ0) is 54.2. The minimum absolute atomic E-state index is 0.0207. The molecule has 71 heavy (non-hydrogen) atoms. The van der Waals surface area contributed by atoms with Gasteiger partial charge in [0.1, 0.15) is 12.1 Å². The smallest absolute Gasteiger partial charge is 0.305 e. The number of carboxylic acids is 2. The summed E-state index contributed by atoms with van der Waals surface area (Å²) in [5.74, 6) is -13.7. The van der Waals surface area contributed by atoms with E-state index in [-0.39, 0.29) is 82.6 Å². The highest BCUT2D eigenvalue weighted by Gasteiger charge is 2.34. The Morgan fingerprint density at radius 1 is 0.451 bits per heavy atom. The van der Waals surface area contributed by atoms with Crippen molar-refractivity contribution < 1.29 is 63.3 Å². The van der Waals surface area contributed by atoms with Crippen molar-refractivity contribution in [3.63, 3.8) is 0 Å². The number of hydrogen-bond donors (Lipinski definition) is 15. The van der Waals surface area contributed by atoms with Crippen LogP contribution in [0.1, 0.15) is 110 Å². The molecule has 0 saturated heterocycles. The van der Waals surface area contributed by atoms with E-state index >= 15 is 0 Å². The van der Waals surface area contributed by atoms with Gasteiger partial charge in [0.05, 0.1) is 25.1 Å². The summed E-state index contributed by atoms with van der Waals surface area (Å²) in [6.07, 6.45) is -1.31. The molecule has 23 N–H and O–H groups in total. The number of amides is 5. The van der Waals surface area contributed by atoms with Crippen LogP contribution in [0.25, 0.3) is 0 Å². The number of ketones is 3. The maximum absolute atomic E-state index is 14.3. The molecular weight excluding hydrogens is 935 g/mol. The fourth-order valence-corrected chi connectivity index (χ4v) is 7.01. The molecule has 0 aromatic heterocycles. The van der Waals surface area contributed by atoms with Gasteiger partial charge in [-0.05, 0) is 64.3 Å². The van der Waals surface area contributed by atoms with E-state index in [0.717, 1.165) is 0 Å². The number of nitrogens with two attached hydrogens (primary N) is 8. The monoisotopic (exact) mass is 1010 g/mol. The van der Waals surface area contributed by atoms with Crippen LogP contribution in [0.3, 0.4) is 0 Å². The third kappa shape index (κ3) is 29.0. The van der Waals surface area contributed by atoms with Gasteiger partial charge in [0.25, 0.3) is 0 Å². The number of primary amides is 1. The van der Waals surface area contributed by atoms with E-state index < -0.39 is 145 Å². The predicted octanol–water partition coefficient (Wildman–Crippen LogP) is -4.59. The Balaban J connectivity index is 6.68. The number of carbonyl (C=O) groups is 10. The number of aliphatic hydroxyl groups is 1. The Kier molecular flexibility index (Phi) is 31.7. The summed E-state index contributed by atoms with van der Waals surface area (Å²) in [6.45, 7) is 2.51. The number of guanidine groups is 3. The van der Waals surface area contributed by atoms with E-state index in [9.17, 15) is 58.2 Å². The average Bonchev–Trinajstić information content (AvgIpc) is 3.28. The lowest BCUT2D eigenvalue weighted by Gasteiger charge is -2.26. The Hall–Kier alpha value is -6.97. The van der Waals surface area contributed by atoms with Gasteiger partial charge in [-0.2, -0.15) is 0 Å². The second-order valence-electron chi connectivity index (χ2n) is 17.2. The molecule has 0 spiro atoms. The number of aliphatic imine (C=N–C) groups is 3. The first-order chi connectivity index (χ1) is 33.3. The number of nitrogens with one attached hydrogen (secondary N) is 4. The molecule has 402 valence electrons. The molecule has 28 heteroatoms. The minimum atomic E-state index is -1.59. The summed E-state index contributed by atoms with van der Waals surface area (Å²) in [5.41, 5.74) is 43.5. The predicted molar refractivity (Wildman–Crippen MR) is 260 cm³/mol. The van der Waals surface area contributed by atoms with Gasteiger partial charge in [-0.3, -0.25) is 62.9 Å². The molecule has 0 fully saturated rings. The van der Waals surface area contributed by atoms with Crippen molar-refractivity contribution in [3.05, 3.63) is 0 Å². The minimum Gasteiger partial charge on any atom is -0.481 e. The van der Waals surface area contributed by atoms with Crippen LogP contribution in [0.2, 0.25) is 0 Å². The van der Waals surface area contributed by atoms with Gasteiger partial charge >= 0.3 is 11.9 Å². The zero-order valence-electron chi connectivity index (χ0n) is 40.6. The first-order valence-electron chi connectivity index (χ1n) is 23.3. The number of aliphatic hydroxyl groups excluding tert-OH is 1. The maximum Gasteiger partial charge on any atom is 0.305 e. The molecule has 0 aromatic rings. The number of unbranched alkanes of at least 4 members (excludes halogenated alkanes) is 1. The molecule has 0 aliphatic rings. The summed E-state index contributed by atoms with van der Waals surface area (Å²) in [7, 11) is 0. The van der Waals surface area contributed by atoms with Gasteiger partial charge in [0.15, 0.2) is 35.2 Å². The second kappa shape index (κ2) is 35.2. The Morgan fingerprint density at radius 3 is 1.31 bits per heavy atom. The normalized spacial score (nSPS) is 14.3. The lowest BCUT2D eigenvalue weighted by molar-refractivity contribution is -0.141. The number of carboxylic acid groups (broad SMARTS) is 2. The van der Waals surface area contributed by atoms with Gasteiger partial charge < -0.3 is 82.5 Å². The molecule has 0 unspecified atom stereocenters. The van der Waals surface area contributed by atoms with E-state index in [4.69, 9.17) is 51.0 Å². The summed E-state index contributed by atoms with van der Waals surface area (Å²) < 4.78 is 0. The van der Waals surface area contributed by atoms with E-state index in [1.807, 2.05) is 0 Å². The lowest BCUT2D eigenvalue weighted by Crippen LogP contribution is -2.50. The number of rotatable bonds is 40. The van der Waals surface area contributed by atoms with Crippen molar-refractivity contribution in [1.82, 2.24) is 21.3 Å². The quantitative estimate of drug-likeness (QED) is 0.0156. The molecule has 0 saturated carbocycles. The van der Waals surface area contributed by atoms with Crippen LogP contribution in [-0.2, 0) is 47.9 Å². The van der Waals surface area contributed by atoms with Crippen molar-refractivity contribution in [2.45, 2.75) is 134 Å². The molecule has 0 bridgehead atoms. The Bertz CT molecular complexity index is 1890. The van der Waals surface area contributed by atoms with Crippen molar-refractivity contribution in [1.29, 1.82) is 0 Å². The fraction of sp³-hybridized carbons (Fsp3) is 0.698. The number of Topliss-reactive ketones (excluding diaryl/α,β-unsaturated/α-hetero) is 3. The van der Waals surface area contributed by atoms with Crippen LogP contribution in [0.4, 0.5) is 0 Å². The van der Waals surface area contributed by atoms with Crippen molar-refractivity contribution in [2.24, 2.45) is 84.5 Å². The highest BCUT2D eigenvalue weighted by molar-refractivity contribution is 5.98. The summed E-state index contributed by atoms with van der Waals surface area (Å²) in [6, 6.07) is -5.76. The molecule has 5 amide bonds. The van der Waals surface area contributed by atoms with Crippen LogP contribution in [0.5, 0.6) is 0 Å². The molecule has 0 radical (unpaired) electrons. The van der Waals surface area contributed by atoms with E-state index in [1.54, 1.807) is 6.92 Å². The molecule has 28 nitrogen and oxygen atoms in total. The maximum atomic E-state index is 14.3. The molecular formula is C43H77N15O13. The number of aliphatic carboxylic acids is 2. The largest absolute Gasteiger partial charge is 0.481 e. The number of hydrogen-bond acceptors (Lipinski definition) is 15. The van der Waals surface area contributed by atoms with Gasteiger partial charge in [-0.15, -0.1) is 0 Å². The van der Waals surface area contributed by atoms with E-state index in [0.29, 0.717) is 25.7 Å². The number of nitrogens with zero attached hydrogens (tertiary/aromatic N) is 3. The van der Waals surface area contributed by atoms with Crippen LogP contribution in [0, 0.1) is 23.7 Å². The van der Waals surface area contributed by atoms with Crippen LogP contribution in [-0.4, -0.2) is 149 Å². The highest BCUT2D eigenvalue weighted by Crippen LogP contribution is 2.21. The van der Waals surface area contributed by atoms with Crippen molar-refractivity contribution in [2.75, 3.05) is 32.8 Å². The Morgan fingerprint density at radius 2 is 0.859 bits per heavy atom. The molecule has 0 aromatic carbocycles. The van der Waals surface area contributed by atoms with Gasteiger partial charge in [0.2, 0.25) is 29.5 Å². The lowest BCUT2D eigenvalue weighted by atomic mass is 9.89. The molecule has 0 aliphatic heterocycles. The summed E-state index contributed by atoms with van der Waals surface area (Å²) in [4.78, 5) is 142. The van der Waals surface area contributed by atoms with Crippen molar-refractivity contribution >= 4 is 76.7 Å². The van der Waals surface area contributed by atoms with E-state index in [2.05, 4.69) is 36.2 Å². The van der Waals surface area contributed by atoms with Crippen LogP contribution < -0.4 is 67.1 Å². The summed E-state index contributed by atoms with van der Waals surface area (Å²) >= 11 is 0. The number of carbonyl (C=O) groups excluding carboxylic acids is 8. The molecule has 8 atom stereocenters. The molecule has 0 heterocycles. The third-order valence-corrected chi connectivity index (χ3v) is 11.1. The summed E-state index contributed by atoms with van der Waals surface area (Å²) in [5, 5.41) is 38.5. The van der Waals surface area contributed by atoms with Gasteiger partial charge in [-0.1, -0.05) is 20.3 Å². The first-order valence-corrected chi connectivity index (χ1v) is 23.3. The van der Waals surface area contributed by atoms with Crippen molar-refractivity contribution in [3.8, 4) is 0 Å². The standard InChI is InChI=1S/C43H77N15O13/c1-23(8-5-15-52-41(46)47)37(68)55-28(12-13-34(63)64)33(62)19-25(9-3-4-14-44)39(70)56-27(11-7-17-54-43(50)51)32(61)20-26(10-6-16-53-42(48)49)40(71)58-30(22-59)31(60)18-24(2)38(69)57-29(36(45)67)21-35(65)66/h23-30,59H,3-22,44H2,1-2H3,(H2,45,67)(H,55,68)(H,56,70)(H,57,69)(H,58,71)(H,63,64)(H,65,66)(H4,46,47,52)(H4,48,49,53)(H4,50,51,54)/t23-,24+,25+,26+,27-,28-,29-,30-/m0/s1. The topological polar surface area (TPSA) is 525 Å². The van der Waals surface area contributed by atoms with Crippen LogP contribution >= 0.6 is 0 Å². The van der Waals surface area contributed by atoms with Crippen LogP contribution in [0.15, 0.2) is 15.0 Å². The molecule has 0 aliphatic carbocycles. The highest BCUT2D eigenvalue weighted by atomic mass is 16.4. The third-order valence-electron chi connectivity index (χ3n) is 11.1. The van der Waals surface area contributed by atoms with Gasteiger partial charge in [0, 0.05) is 69.0 Å². The Labute approximate surface area is 412 Å². The SMILES string of the molecule is C[C@H](CC(=O)[C@H](CO)NC(=O)[C@H](CCCN=C(N)N)CC(=O)[C@H](CCCN=C(N)N)NC(=O)[C@H](CCCCN)CC(=O)[C@H](CCC(=O)O)NC(=O)[C@@H](C)CCCN=C(N)N)C(=O)N[C@@H](CC(=O)O)C(N)=O. The average molecular weight is 1010 g/mol. The zero-order valence-corrected chi connectivity index (χ0v) is 40.6.